The Morgan fingerprint density at radius 1 is 1.22 bits per heavy atom. The van der Waals surface area contributed by atoms with E-state index in [-0.39, 0.29) is 5.95 Å². The second-order valence-corrected chi connectivity index (χ2v) is 4.00. The SMILES string of the molecule is CNc1cc(Oc2cccc(C)c2C)nc(N)n1. The zero-order valence-corrected chi connectivity index (χ0v) is 10.7. The molecule has 1 heterocycles. The molecule has 0 spiro atoms. The molecule has 0 aliphatic heterocycles. The van der Waals surface area contributed by atoms with Crippen molar-refractivity contribution < 1.29 is 4.74 Å². The van der Waals surface area contributed by atoms with Gasteiger partial charge in [0, 0.05) is 13.1 Å². The molecule has 0 amide bonds. The van der Waals surface area contributed by atoms with Crippen LogP contribution in [0, 0.1) is 13.8 Å². The van der Waals surface area contributed by atoms with Gasteiger partial charge in [-0.1, -0.05) is 12.1 Å². The van der Waals surface area contributed by atoms with Crippen LogP contribution in [0.2, 0.25) is 0 Å². The number of nitrogens with zero attached hydrogens (tertiary/aromatic N) is 2. The zero-order chi connectivity index (χ0) is 13.1. The van der Waals surface area contributed by atoms with Crippen LogP contribution in [0.25, 0.3) is 0 Å². The van der Waals surface area contributed by atoms with Crippen molar-refractivity contribution >= 4 is 11.8 Å². The molecule has 0 aliphatic carbocycles. The minimum absolute atomic E-state index is 0.183. The summed E-state index contributed by atoms with van der Waals surface area (Å²) in [5.74, 6) is 2.01. The Labute approximate surface area is 106 Å². The Bertz CT molecular complexity index is 569. The van der Waals surface area contributed by atoms with Crippen LogP contribution in [0.3, 0.4) is 0 Å². The smallest absolute Gasteiger partial charge is 0.226 e. The molecule has 0 bridgehead atoms. The number of nitrogens with one attached hydrogen (secondary N) is 1. The van der Waals surface area contributed by atoms with Crippen molar-refractivity contribution in [2.75, 3.05) is 18.1 Å². The summed E-state index contributed by atoms with van der Waals surface area (Å²) in [6.07, 6.45) is 0. The number of nitrogens with two attached hydrogens (primary N) is 1. The molecule has 0 fully saturated rings. The second kappa shape index (κ2) is 4.91. The lowest BCUT2D eigenvalue weighted by Crippen LogP contribution is -2.01. The van der Waals surface area contributed by atoms with Crippen LogP contribution >= 0.6 is 0 Å². The maximum atomic E-state index is 5.74. The molecule has 0 atom stereocenters. The molecule has 0 aliphatic rings. The molecule has 3 N–H and O–H groups in total. The number of aromatic nitrogens is 2. The van der Waals surface area contributed by atoms with Gasteiger partial charge < -0.3 is 15.8 Å². The quantitative estimate of drug-likeness (QED) is 0.867. The van der Waals surface area contributed by atoms with E-state index in [1.807, 2.05) is 32.0 Å². The van der Waals surface area contributed by atoms with Crippen molar-refractivity contribution in [1.82, 2.24) is 9.97 Å². The minimum atomic E-state index is 0.183. The molecule has 18 heavy (non-hydrogen) atoms. The van der Waals surface area contributed by atoms with Gasteiger partial charge in [0.1, 0.15) is 11.6 Å². The summed E-state index contributed by atoms with van der Waals surface area (Å²) in [4.78, 5) is 8.06. The van der Waals surface area contributed by atoms with Crippen molar-refractivity contribution in [2.24, 2.45) is 0 Å². The van der Waals surface area contributed by atoms with Crippen LogP contribution < -0.4 is 15.8 Å². The lowest BCUT2D eigenvalue weighted by molar-refractivity contribution is 0.459. The van der Waals surface area contributed by atoms with E-state index in [0.717, 1.165) is 11.3 Å². The topological polar surface area (TPSA) is 73.1 Å². The Morgan fingerprint density at radius 3 is 2.72 bits per heavy atom. The Kier molecular flexibility index (Phi) is 3.32. The summed E-state index contributed by atoms with van der Waals surface area (Å²) < 4.78 is 5.74. The maximum absolute atomic E-state index is 5.74. The summed E-state index contributed by atoms with van der Waals surface area (Å²) in [6.45, 7) is 4.05. The minimum Gasteiger partial charge on any atom is -0.438 e. The number of hydrogen-bond donors (Lipinski definition) is 2. The van der Waals surface area contributed by atoms with Crippen LogP contribution in [0.1, 0.15) is 11.1 Å². The van der Waals surface area contributed by atoms with Crippen LogP contribution in [0.15, 0.2) is 24.3 Å². The van der Waals surface area contributed by atoms with Gasteiger partial charge in [-0.3, -0.25) is 0 Å². The molecule has 2 rings (SSSR count). The largest absolute Gasteiger partial charge is 0.438 e. The van der Waals surface area contributed by atoms with Gasteiger partial charge in [0.25, 0.3) is 0 Å². The lowest BCUT2D eigenvalue weighted by atomic mass is 10.1. The Balaban J connectivity index is 2.34. The monoisotopic (exact) mass is 244 g/mol. The first-order valence-corrected chi connectivity index (χ1v) is 5.66. The second-order valence-electron chi connectivity index (χ2n) is 4.00. The molecule has 0 saturated heterocycles. The predicted molar refractivity (Wildman–Crippen MR) is 72.0 cm³/mol. The molecule has 0 unspecified atom stereocenters. The number of nitrogen functional groups attached to an aromatic ring is 1. The fraction of sp³-hybridized carbons (Fsp3) is 0.231. The van der Waals surface area contributed by atoms with E-state index in [9.17, 15) is 0 Å². The highest BCUT2D eigenvalue weighted by Gasteiger charge is 2.06. The molecule has 5 heteroatoms. The van der Waals surface area contributed by atoms with Gasteiger partial charge in [-0.2, -0.15) is 9.97 Å². The van der Waals surface area contributed by atoms with E-state index >= 15 is 0 Å². The average molecular weight is 244 g/mol. The number of benzene rings is 1. The molecule has 1 aromatic heterocycles. The van der Waals surface area contributed by atoms with E-state index in [1.54, 1.807) is 13.1 Å². The highest BCUT2D eigenvalue weighted by molar-refractivity contribution is 5.45. The standard InChI is InChI=1S/C13H16N4O/c1-8-5-4-6-10(9(8)2)18-12-7-11(15-3)16-13(14)17-12/h4-7H,1-3H3,(H3,14,15,16,17). The van der Waals surface area contributed by atoms with E-state index < -0.39 is 0 Å². The first-order valence-electron chi connectivity index (χ1n) is 5.66. The highest BCUT2D eigenvalue weighted by Crippen LogP contribution is 2.26. The highest BCUT2D eigenvalue weighted by atomic mass is 16.5. The Hall–Kier alpha value is -2.30. The molecule has 1 aromatic carbocycles. The van der Waals surface area contributed by atoms with Crippen LogP contribution in [-0.4, -0.2) is 17.0 Å². The van der Waals surface area contributed by atoms with Gasteiger partial charge in [0.2, 0.25) is 11.8 Å². The van der Waals surface area contributed by atoms with E-state index in [4.69, 9.17) is 10.5 Å². The Morgan fingerprint density at radius 2 is 2.00 bits per heavy atom. The normalized spacial score (nSPS) is 10.2. The zero-order valence-electron chi connectivity index (χ0n) is 10.7. The van der Waals surface area contributed by atoms with Gasteiger partial charge in [-0.25, -0.2) is 0 Å². The summed E-state index contributed by atoms with van der Waals surface area (Å²) in [6, 6.07) is 7.59. The molecular formula is C13H16N4O. The third kappa shape index (κ3) is 2.51. The first kappa shape index (κ1) is 12.2. The summed E-state index contributed by atoms with van der Waals surface area (Å²) in [5.41, 5.74) is 7.87. The van der Waals surface area contributed by atoms with Crippen molar-refractivity contribution in [1.29, 1.82) is 0 Å². The average Bonchev–Trinajstić information content (AvgIpc) is 2.34. The molecule has 0 saturated carbocycles. The van der Waals surface area contributed by atoms with E-state index in [2.05, 4.69) is 15.3 Å². The summed E-state index contributed by atoms with van der Waals surface area (Å²) in [7, 11) is 1.77. The third-order valence-corrected chi connectivity index (χ3v) is 2.75. The molecule has 0 radical (unpaired) electrons. The maximum Gasteiger partial charge on any atom is 0.226 e. The number of aryl methyl sites for hydroxylation is 1. The van der Waals surface area contributed by atoms with Crippen molar-refractivity contribution in [3.05, 3.63) is 35.4 Å². The molecule has 94 valence electrons. The predicted octanol–water partition coefficient (Wildman–Crippen LogP) is 2.51. The van der Waals surface area contributed by atoms with Crippen molar-refractivity contribution in [3.63, 3.8) is 0 Å². The fourth-order valence-electron chi connectivity index (χ4n) is 1.57. The first-order chi connectivity index (χ1) is 8.60. The molecule has 2 aromatic rings. The van der Waals surface area contributed by atoms with Crippen LogP contribution in [-0.2, 0) is 0 Å². The van der Waals surface area contributed by atoms with E-state index in [1.165, 1.54) is 5.56 Å². The van der Waals surface area contributed by atoms with Crippen LogP contribution in [0.4, 0.5) is 11.8 Å². The van der Waals surface area contributed by atoms with Crippen molar-refractivity contribution in [3.8, 4) is 11.6 Å². The number of anilines is 2. The number of hydrogen-bond acceptors (Lipinski definition) is 5. The van der Waals surface area contributed by atoms with Gasteiger partial charge in [-0.15, -0.1) is 0 Å². The molecule has 5 nitrogen and oxygen atoms in total. The summed E-state index contributed by atoms with van der Waals surface area (Å²) in [5, 5.41) is 2.91. The third-order valence-electron chi connectivity index (χ3n) is 2.75. The number of rotatable bonds is 3. The molecular weight excluding hydrogens is 228 g/mol. The van der Waals surface area contributed by atoms with Crippen LogP contribution in [0.5, 0.6) is 11.6 Å². The number of ether oxygens (including phenoxy) is 1. The summed E-state index contributed by atoms with van der Waals surface area (Å²) >= 11 is 0. The van der Waals surface area contributed by atoms with Gasteiger partial charge in [0.15, 0.2) is 0 Å². The van der Waals surface area contributed by atoms with Gasteiger partial charge in [0.05, 0.1) is 0 Å². The lowest BCUT2D eigenvalue weighted by Gasteiger charge is -2.10. The van der Waals surface area contributed by atoms with Crippen molar-refractivity contribution in [2.45, 2.75) is 13.8 Å². The fourth-order valence-corrected chi connectivity index (χ4v) is 1.57. The van der Waals surface area contributed by atoms with E-state index in [0.29, 0.717) is 11.7 Å². The van der Waals surface area contributed by atoms with Gasteiger partial charge in [-0.05, 0) is 31.0 Å². The van der Waals surface area contributed by atoms with Gasteiger partial charge >= 0.3 is 0 Å².